The third kappa shape index (κ3) is 10.5. The van der Waals surface area contributed by atoms with Crippen molar-refractivity contribution in [2.45, 2.75) is 66.0 Å². The first-order chi connectivity index (χ1) is 8.41. The van der Waals surface area contributed by atoms with Crippen LogP contribution in [0.1, 0.15) is 54.4 Å². The highest BCUT2D eigenvalue weighted by molar-refractivity contribution is 5.81. The molecular formula is C14H27NO4. The Hall–Kier alpha value is -1.10. The molecule has 0 fully saturated rings. The van der Waals surface area contributed by atoms with Gasteiger partial charge in [0, 0.05) is 0 Å². The molecule has 2 N–H and O–H groups in total. The molecule has 0 aromatic rings. The van der Waals surface area contributed by atoms with Crippen molar-refractivity contribution in [3.05, 3.63) is 0 Å². The van der Waals surface area contributed by atoms with Gasteiger partial charge in [0.2, 0.25) is 0 Å². The first kappa shape index (κ1) is 17.9. The van der Waals surface area contributed by atoms with Gasteiger partial charge in [-0.2, -0.15) is 0 Å². The fourth-order valence-electron chi connectivity index (χ4n) is 1.42. The van der Waals surface area contributed by atoms with Crippen molar-refractivity contribution in [1.82, 2.24) is 5.32 Å². The second-order valence-corrected chi connectivity index (χ2v) is 6.95. The van der Waals surface area contributed by atoms with Crippen LogP contribution < -0.4 is 5.32 Å². The Morgan fingerprint density at radius 1 is 1.16 bits per heavy atom. The van der Waals surface area contributed by atoms with E-state index in [0.717, 1.165) is 6.42 Å². The third-order valence-corrected chi connectivity index (χ3v) is 2.35. The van der Waals surface area contributed by atoms with Crippen molar-refractivity contribution in [2.24, 2.45) is 5.41 Å². The number of hydrogen-bond donors (Lipinski definition) is 2. The first-order valence-corrected chi connectivity index (χ1v) is 6.59. The van der Waals surface area contributed by atoms with Gasteiger partial charge >= 0.3 is 11.9 Å². The van der Waals surface area contributed by atoms with Crippen LogP contribution in [0.5, 0.6) is 0 Å². The first-order valence-electron chi connectivity index (χ1n) is 6.59. The number of rotatable bonds is 6. The van der Waals surface area contributed by atoms with Crippen LogP contribution in [0.3, 0.4) is 0 Å². The van der Waals surface area contributed by atoms with E-state index in [-0.39, 0.29) is 11.8 Å². The number of carboxylic acid groups (broad SMARTS) is 1. The molecule has 5 heteroatoms. The molecule has 0 spiro atoms. The molecule has 1 atom stereocenters. The number of ether oxygens (including phenoxy) is 1. The monoisotopic (exact) mass is 273 g/mol. The molecule has 0 aromatic carbocycles. The average molecular weight is 273 g/mol. The van der Waals surface area contributed by atoms with E-state index >= 15 is 0 Å². The number of carbonyl (C=O) groups is 2. The molecule has 0 radical (unpaired) electrons. The molecule has 0 unspecified atom stereocenters. The van der Waals surface area contributed by atoms with Gasteiger partial charge in [-0.1, -0.05) is 20.8 Å². The quantitative estimate of drug-likeness (QED) is 0.726. The zero-order chi connectivity index (χ0) is 15.3. The summed E-state index contributed by atoms with van der Waals surface area (Å²) in [6, 6.07) is -0.891. The zero-order valence-electron chi connectivity index (χ0n) is 12.9. The number of carboxylic acids is 1. The molecule has 0 aliphatic carbocycles. The van der Waals surface area contributed by atoms with Crippen molar-refractivity contribution in [1.29, 1.82) is 0 Å². The zero-order valence-corrected chi connectivity index (χ0v) is 12.9. The summed E-state index contributed by atoms with van der Waals surface area (Å²) in [5.74, 6) is -1.53. The molecule has 5 nitrogen and oxygen atoms in total. The van der Waals surface area contributed by atoms with Crippen LogP contribution in [0, 0.1) is 5.41 Å². The summed E-state index contributed by atoms with van der Waals surface area (Å²) < 4.78 is 5.12. The lowest BCUT2D eigenvalue weighted by molar-refractivity contribution is -0.158. The number of carbonyl (C=O) groups excluding carboxylic acids is 1. The average Bonchev–Trinajstić information content (AvgIpc) is 2.10. The molecule has 112 valence electrons. The van der Waals surface area contributed by atoms with Gasteiger partial charge in [0.25, 0.3) is 0 Å². The number of hydrogen-bond acceptors (Lipinski definition) is 4. The highest BCUT2D eigenvalue weighted by Gasteiger charge is 2.25. The van der Waals surface area contributed by atoms with Gasteiger partial charge in [0.15, 0.2) is 0 Å². The predicted molar refractivity (Wildman–Crippen MR) is 74.0 cm³/mol. The maximum Gasteiger partial charge on any atom is 0.321 e. The summed E-state index contributed by atoms with van der Waals surface area (Å²) in [7, 11) is 0. The lowest BCUT2D eigenvalue weighted by Gasteiger charge is -2.23. The van der Waals surface area contributed by atoms with Crippen LogP contribution in [0.15, 0.2) is 0 Å². The Bertz CT molecular complexity index is 312. The summed E-state index contributed by atoms with van der Waals surface area (Å²) in [6.45, 7) is 12.1. The number of nitrogens with one attached hydrogen (secondary N) is 1. The Balaban J connectivity index is 4.28. The van der Waals surface area contributed by atoms with E-state index in [2.05, 4.69) is 26.1 Å². The van der Waals surface area contributed by atoms with Crippen LogP contribution in [0.2, 0.25) is 0 Å². The fraction of sp³-hybridized carbons (Fsp3) is 0.857. The van der Waals surface area contributed by atoms with Gasteiger partial charge in [-0.25, -0.2) is 0 Å². The Morgan fingerprint density at radius 3 is 2.05 bits per heavy atom. The second-order valence-electron chi connectivity index (χ2n) is 6.95. The topological polar surface area (TPSA) is 75.6 Å². The highest BCUT2D eigenvalue weighted by Crippen LogP contribution is 2.17. The van der Waals surface area contributed by atoms with Crippen molar-refractivity contribution in [3.63, 3.8) is 0 Å². The van der Waals surface area contributed by atoms with E-state index in [1.165, 1.54) is 0 Å². The smallest absolute Gasteiger partial charge is 0.321 e. The normalized spacial score (nSPS) is 14.0. The van der Waals surface area contributed by atoms with Crippen LogP contribution in [0.25, 0.3) is 0 Å². The fourth-order valence-corrected chi connectivity index (χ4v) is 1.42. The van der Waals surface area contributed by atoms with E-state index in [4.69, 9.17) is 9.84 Å². The van der Waals surface area contributed by atoms with E-state index < -0.39 is 23.6 Å². The van der Waals surface area contributed by atoms with Crippen LogP contribution in [-0.4, -0.2) is 35.2 Å². The summed E-state index contributed by atoms with van der Waals surface area (Å²) in [6.07, 6.45) is 0.682. The minimum atomic E-state index is -1.03. The van der Waals surface area contributed by atoms with Gasteiger partial charge in [-0.05, 0) is 39.2 Å². The summed E-state index contributed by atoms with van der Waals surface area (Å²) >= 11 is 0. The van der Waals surface area contributed by atoms with Crippen molar-refractivity contribution in [3.8, 4) is 0 Å². The molecular weight excluding hydrogens is 246 g/mol. The van der Waals surface area contributed by atoms with Gasteiger partial charge in [0.05, 0.1) is 6.42 Å². The van der Waals surface area contributed by atoms with E-state index in [1.54, 1.807) is 20.8 Å². The largest absolute Gasteiger partial charge is 0.480 e. The molecule has 0 aliphatic rings. The lowest BCUT2D eigenvalue weighted by Crippen LogP contribution is -2.41. The molecule has 0 aliphatic heterocycles. The molecule has 0 saturated heterocycles. The Kier molecular flexibility index (Phi) is 6.49. The standard InChI is InChI=1S/C14H27NO4/c1-13(2,3)7-8-15-10(12(17)18)9-11(16)19-14(4,5)6/h10,15H,7-9H2,1-6H3,(H,17,18)/t10-/m0/s1. The van der Waals surface area contributed by atoms with Crippen LogP contribution in [-0.2, 0) is 14.3 Å². The van der Waals surface area contributed by atoms with E-state index in [1.807, 2.05) is 0 Å². The van der Waals surface area contributed by atoms with Crippen LogP contribution >= 0.6 is 0 Å². The molecule has 19 heavy (non-hydrogen) atoms. The van der Waals surface area contributed by atoms with E-state index in [9.17, 15) is 9.59 Å². The van der Waals surface area contributed by atoms with Gasteiger partial charge < -0.3 is 15.2 Å². The minimum Gasteiger partial charge on any atom is -0.480 e. The van der Waals surface area contributed by atoms with E-state index in [0.29, 0.717) is 6.54 Å². The number of aliphatic carboxylic acids is 1. The molecule has 0 saturated carbocycles. The minimum absolute atomic E-state index is 0.127. The maximum atomic E-state index is 11.6. The third-order valence-electron chi connectivity index (χ3n) is 2.35. The van der Waals surface area contributed by atoms with Crippen molar-refractivity contribution in [2.75, 3.05) is 6.54 Å². The number of esters is 1. The highest BCUT2D eigenvalue weighted by atomic mass is 16.6. The van der Waals surface area contributed by atoms with Gasteiger partial charge in [-0.3, -0.25) is 9.59 Å². The van der Waals surface area contributed by atoms with Gasteiger partial charge in [-0.15, -0.1) is 0 Å². The molecule has 0 aromatic heterocycles. The summed E-state index contributed by atoms with van der Waals surface area (Å²) in [5, 5.41) is 12.0. The molecule has 0 bridgehead atoms. The maximum absolute atomic E-state index is 11.6. The van der Waals surface area contributed by atoms with Crippen molar-refractivity contribution < 1.29 is 19.4 Å². The van der Waals surface area contributed by atoms with Gasteiger partial charge in [0.1, 0.15) is 11.6 Å². The Morgan fingerprint density at radius 2 is 1.68 bits per heavy atom. The lowest BCUT2D eigenvalue weighted by atomic mass is 9.92. The summed E-state index contributed by atoms with van der Waals surface area (Å²) in [5.41, 5.74) is -0.465. The van der Waals surface area contributed by atoms with Crippen molar-refractivity contribution >= 4 is 11.9 Å². The Labute approximate surface area is 115 Å². The predicted octanol–water partition coefficient (Wildman–Crippen LogP) is 2.20. The van der Waals surface area contributed by atoms with Crippen LogP contribution in [0.4, 0.5) is 0 Å². The SMILES string of the molecule is CC(C)(C)CCN[C@@H](CC(=O)OC(C)(C)C)C(=O)O. The summed E-state index contributed by atoms with van der Waals surface area (Å²) in [4.78, 5) is 22.7. The molecule has 0 amide bonds. The molecule has 0 rings (SSSR count). The molecule has 0 heterocycles. The second kappa shape index (κ2) is 6.89.